The summed E-state index contributed by atoms with van der Waals surface area (Å²) in [6.45, 7) is 4.81. The van der Waals surface area contributed by atoms with Crippen molar-refractivity contribution >= 4 is 15.9 Å². The lowest BCUT2D eigenvalue weighted by atomic mass is 9.86. The Hall–Kier alpha value is 0.400. The molecule has 0 heterocycles. The van der Waals surface area contributed by atoms with Crippen molar-refractivity contribution in [2.45, 2.75) is 57.2 Å². The van der Waals surface area contributed by atoms with E-state index in [4.69, 9.17) is 9.47 Å². The fourth-order valence-corrected chi connectivity index (χ4v) is 2.62. The minimum atomic E-state index is -0.174. The van der Waals surface area contributed by atoms with Gasteiger partial charge in [0, 0.05) is 12.4 Å². The van der Waals surface area contributed by atoms with Gasteiger partial charge in [0.05, 0.1) is 17.8 Å². The van der Waals surface area contributed by atoms with Crippen LogP contribution >= 0.6 is 15.9 Å². The van der Waals surface area contributed by atoms with Gasteiger partial charge < -0.3 is 9.47 Å². The maximum absolute atomic E-state index is 6.10. The van der Waals surface area contributed by atoms with Crippen molar-refractivity contribution < 1.29 is 9.47 Å². The Morgan fingerprint density at radius 2 is 1.80 bits per heavy atom. The van der Waals surface area contributed by atoms with E-state index in [0.717, 1.165) is 5.33 Å². The van der Waals surface area contributed by atoms with Crippen LogP contribution in [0.5, 0.6) is 0 Å². The molecule has 1 rings (SSSR count). The van der Waals surface area contributed by atoms with Crippen LogP contribution in [-0.2, 0) is 9.47 Å². The Morgan fingerprint density at radius 3 is 2.27 bits per heavy atom. The van der Waals surface area contributed by atoms with Crippen LogP contribution in [0.2, 0.25) is 0 Å². The van der Waals surface area contributed by atoms with E-state index in [1.807, 2.05) is 0 Å². The summed E-state index contributed by atoms with van der Waals surface area (Å²) < 4.78 is 11.5. The smallest absolute Gasteiger partial charge is 0.0855 e. The quantitative estimate of drug-likeness (QED) is 0.717. The lowest BCUT2D eigenvalue weighted by Gasteiger charge is -2.38. The van der Waals surface area contributed by atoms with Gasteiger partial charge in [-0.2, -0.15) is 0 Å². The minimum absolute atomic E-state index is 0.0635. The fraction of sp³-hybridized carbons (Fsp3) is 1.00. The van der Waals surface area contributed by atoms with E-state index in [1.165, 1.54) is 32.1 Å². The third-order valence-corrected chi connectivity index (χ3v) is 4.31. The zero-order chi connectivity index (χ0) is 11.4. The molecule has 90 valence electrons. The van der Waals surface area contributed by atoms with Crippen molar-refractivity contribution in [3.05, 3.63) is 0 Å². The van der Waals surface area contributed by atoms with Gasteiger partial charge in [0.1, 0.15) is 0 Å². The number of ether oxygens (including phenoxy) is 2. The van der Waals surface area contributed by atoms with Crippen LogP contribution in [-0.4, -0.2) is 30.2 Å². The molecule has 0 amide bonds. The summed E-state index contributed by atoms with van der Waals surface area (Å²) in [6.07, 6.45) is 6.29. The van der Waals surface area contributed by atoms with Crippen molar-refractivity contribution in [3.8, 4) is 0 Å². The monoisotopic (exact) mass is 278 g/mol. The maximum Gasteiger partial charge on any atom is 0.0855 e. The van der Waals surface area contributed by atoms with Crippen LogP contribution < -0.4 is 0 Å². The molecule has 0 N–H and O–H groups in total. The first-order valence-electron chi connectivity index (χ1n) is 5.79. The normalized spacial score (nSPS) is 21.6. The molecule has 1 fully saturated rings. The lowest BCUT2D eigenvalue weighted by Crippen LogP contribution is -2.42. The number of rotatable bonds is 5. The van der Waals surface area contributed by atoms with Gasteiger partial charge >= 0.3 is 0 Å². The molecular weight excluding hydrogens is 256 g/mol. The third-order valence-electron chi connectivity index (χ3n) is 3.29. The highest BCUT2D eigenvalue weighted by Crippen LogP contribution is 2.34. The Balaban J connectivity index is 2.45. The first-order valence-corrected chi connectivity index (χ1v) is 6.91. The van der Waals surface area contributed by atoms with Gasteiger partial charge in [0.25, 0.3) is 0 Å². The van der Waals surface area contributed by atoms with E-state index in [-0.39, 0.29) is 11.2 Å². The van der Waals surface area contributed by atoms with Gasteiger partial charge in [0.2, 0.25) is 0 Å². The first kappa shape index (κ1) is 13.5. The molecule has 0 unspecified atom stereocenters. The van der Waals surface area contributed by atoms with Crippen LogP contribution in [0, 0.1) is 0 Å². The molecule has 1 saturated carbocycles. The van der Waals surface area contributed by atoms with Gasteiger partial charge in [-0.3, -0.25) is 0 Å². The third kappa shape index (κ3) is 4.04. The molecule has 0 saturated heterocycles. The molecule has 0 bridgehead atoms. The average Bonchev–Trinajstić information content (AvgIpc) is 2.28. The van der Waals surface area contributed by atoms with Crippen molar-refractivity contribution in [1.82, 2.24) is 0 Å². The van der Waals surface area contributed by atoms with Gasteiger partial charge in [0.15, 0.2) is 0 Å². The molecule has 0 spiro atoms. The van der Waals surface area contributed by atoms with Crippen LogP contribution in [0.15, 0.2) is 0 Å². The summed E-state index contributed by atoms with van der Waals surface area (Å²) >= 11 is 3.59. The lowest BCUT2D eigenvalue weighted by molar-refractivity contribution is -0.122. The first-order chi connectivity index (χ1) is 7.04. The maximum atomic E-state index is 6.10. The molecule has 0 aromatic carbocycles. The molecular formula is C12H23BrO2. The Labute approximate surface area is 102 Å². The molecule has 0 aromatic heterocycles. The van der Waals surface area contributed by atoms with Crippen LogP contribution in [0.25, 0.3) is 0 Å². The second-order valence-corrected chi connectivity index (χ2v) is 5.69. The van der Waals surface area contributed by atoms with E-state index < -0.39 is 0 Å². The highest BCUT2D eigenvalue weighted by Gasteiger charge is 2.33. The van der Waals surface area contributed by atoms with Gasteiger partial charge in [-0.15, -0.1) is 0 Å². The van der Waals surface area contributed by atoms with Crippen LogP contribution in [0.4, 0.5) is 0 Å². The molecule has 0 aliphatic heterocycles. The number of hydrogen-bond acceptors (Lipinski definition) is 2. The van der Waals surface area contributed by atoms with Crippen LogP contribution in [0.1, 0.15) is 46.0 Å². The molecule has 15 heavy (non-hydrogen) atoms. The zero-order valence-corrected chi connectivity index (χ0v) is 11.7. The Kier molecular flexibility index (Phi) is 5.07. The van der Waals surface area contributed by atoms with Gasteiger partial charge in [-0.1, -0.05) is 35.2 Å². The summed E-state index contributed by atoms with van der Waals surface area (Å²) in [6, 6.07) is 0. The number of halogens is 1. The predicted octanol–water partition coefficient (Wildman–Crippen LogP) is 3.53. The second-order valence-electron chi connectivity index (χ2n) is 5.13. The molecule has 2 nitrogen and oxygen atoms in total. The minimum Gasteiger partial charge on any atom is -0.376 e. The molecule has 0 aromatic rings. The standard InChI is InChI=1S/C12H23BrO2/c1-11(2,14-3)10-15-12(9-13)7-5-4-6-8-12/h4-10H2,1-3H3. The van der Waals surface area contributed by atoms with Gasteiger partial charge in [-0.25, -0.2) is 0 Å². The topological polar surface area (TPSA) is 18.5 Å². The van der Waals surface area contributed by atoms with Crippen molar-refractivity contribution in [2.75, 3.05) is 19.0 Å². The van der Waals surface area contributed by atoms with E-state index in [9.17, 15) is 0 Å². The highest BCUT2D eigenvalue weighted by atomic mass is 79.9. The Bertz CT molecular complexity index is 186. The molecule has 3 heteroatoms. The van der Waals surface area contributed by atoms with E-state index in [2.05, 4.69) is 29.8 Å². The van der Waals surface area contributed by atoms with E-state index in [1.54, 1.807) is 7.11 Å². The summed E-state index contributed by atoms with van der Waals surface area (Å²) in [5.74, 6) is 0. The summed E-state index contributed by atoms with van der Waals surface area (Å²) in [5, 5.41) is 0.944. The molecule has 0 radical (unpaired) electrons. The largest absolute Gasteiger partial charge is 0.376 e. The van der Waals surface area contributed by atoms with Crippen LogP contribution in [0.3, 0.4) is 0 Å². The second kappa shape index (κ2) is 5.65. The average molecular weight is 279 g/mol. The Morgan fingerprint density at radius 1 is 1.20 bits per heavy atom. The summed E-state index contributed by atoms with van der Waals surface area (Å²) in [4.78, 5) is 0. The predicted molar refractivity (Wildman–Crippen MR) is 66.7 cm³/mol. The summed E-state index contributed by atoms with van der Waals surface area (Å²) in [5.41, 5.74) is -0.110. The number of methoxy groups -OCH3 is 1. The fourth-order valence-electron chi connectivity index (χ4n) is 1.90. The van der Waals surface area contributed by atoms with Crippen molar-refractivity contribution in [1.29, 1.82) is 0 Å². The van der Waals surface area contributed by atoms with E-state index in [0.29, 0.717) is 6.61 Å². The van der Waals surface area contributed by atoms with Crippen molar-refractivity contribution in [3.63, 3.8) is 0 Å². The molecule has 1 aliphatic carbocycles. The van der Waals surface area contributed by atoms with Crippen molar-refractivity contribution in [2.24, 2.45) is 0 Å². The summed E-state index contributed by atoms with van der Waals surface area (Å²) in [7, 11) is 1.74. The highest BCUT2D eigenvalue weighted by molar-refractivity contribution is 9.09. The van der Waals surface area contributed by atoms with Gasteiger partial charge in [-0.05, 0) is 26.7 Å². The van der Waals surface area contributed by atoms with E-state index >= 15 is 0 Å². The molecule has 0 atom stereocenters. The number of alkyl halides is 1. The molecule has 1 aliphatic rings. The number of hydrogen-bond donors (Lipinski definition) is 0. The zero-order valence-electron chi connectivity index (χ0n) is 10.1. The SMILES string of the molecule is COC(C)(C)COC1(CBr)CCCCC1.